The number of carbonyl (C=O) groups is 1. The number of halogens is 1. The first-order valence-corrected chi connectivity index (χ1v) is 10.5. The molecule has 32 heavy (non-hydrogen) atoms. The van der Waals surface area contributed by atoms with Crippen LogP contribution < -0.4 is 9.64 Å². The molecule has 9 nitrogen and oxygen atoms in total. The van der Waals surface area contributed by atoms with E-state index in [9.17, 15) is 9.18 Å². The second kappa shape index (κ2) is 7.85. The average molecular weight is 437 g/mol. The molecule has 2 atom stereocenters. The Labute approximate surface area is 184 Å². The molecule has 4 heterocycles. The maximum Gasteiger partial charge on any atom is 0.256 e. The van der Waals surface area contributed by atoms with Crippen molar-refractivity contribution in [3.63, 3.8) is 0 Å². The molecule has 2 aliphatic rings. The van der Waals surface area contributed by atoms with Crippen LogP contribution in [0, 0.1) is 31.5 Å². The zero-order valence-electron chi connectivity index (χ0n) is 18.2. The third-order valence-electron chi connectivity index (χ3n) is 6.30. The van der Waals surface area contributed by atoms with E-state index >= 15 is 0 Å². The van der Waals surface area contributed by atoms with Gasteiger partial charge in [0, 0.05) is 44.1 Å². The number of fused-ring (bicyclic) bond motifs is 1. The van der Waals surface area contributed by atoms with Crippen LogP contribution in [0.2, 0.25) is 0 Å². The van der Waals surface area contributed by atoms with Crippen LogP contribution >= 0.6 is 0 Å². The molecule has 0 aliphatic carbocycles. The largest absolute Gasteiger partial charge is 0.497 e. The fourth-order valence-electron chi connectivity index (χ4n) is 4.64. The minimum absolute atomic E-state index is 0.0503. The van der Waals surface area contributed by atoms with Gasteiger partial charge in [-0.15, -0.1) is 0 Å². The molecular weight excluding hydrogens is 413 g/mol. The summed E-state index contributed by atoms with van der Waals surface area (Å²) < 4.78 is 19.2. The fourth-order valence-corrected chi connectivity index (χ4v) is 4.64. The van der Waals surface area contributed by atoms with Gasteiger partial charge in [-0.2, -0.15) is 15.0 Å². The number of carbonyl (C=O) groups excluding carboxylic acids is 1. The topological polar surface area (TPSA) is 89.3 Å². The van der Waals surface area contributed by atoms with Crippen molar-refractivity contribution in [1.29, 1.82) is 0 Å². The fraction of sp³-hybridized carbons (Fsp3) is 0.409. The Morgan fingerprint density at radius 3 is 2.25 bits per heavy atom. The Kier molecular flexibility index (Phi) is 4.99. The van der Waals surface area contributed by atoms with Crippen molar-refractivity contribution < 1.29 is 13.9 Å². The van der Waals surface area contributed by atoms with Gasteiger partial charge < -0.3 is 14.5 Å². The van der Waals surface area contributed by atoms with E-state index in [2.05, 4.69) is 25.1 Å². The number of aromatic nitrogens is 5. The number of benzene rings is 1. The molecule has 1 aromatic carbocycles. The van der Waals surface area contributed by atoms with Crippen LogP contribution in [0.25, 0.3) is 5.69 Å². The molecule has 2 fully saturated rings. The van der Waals surface area contributed by atoms with Crippen molar-refractivity contribution in [2.24, 2.45) is 11.8 Å². The van der Waals surface area contributed by atoms with Crippen molar-refractivity contribution in [2.45, 2.75) is 13.8 Å². The Bertz CT molecular complexity index is 1130. The van der Waals surface area contributed by atoms with Crippen LogP contribution in [0.15, 0.2) is 30.6 Å². The molecule has 0 N–H and O–H groups in total. The molecule has 0 radical (unpaired) electrons. The highest BCUT2D eigenvalue weighted by molar-refractivity contribution is 5.98. The van der Waals surface area contributed by atoms with E-state index in [1.54, 1.807) is 51.6 Å². The summed E-state index contributed by atoms with van der Waals surface area (Å²) in [5.74, 6) is 1.43. The van der Waals surface area contributed by atoms with Gasteiger partial charge in [0.2, 0.25) is 5.95 Å². The lowest BCUT2D eigenvalue weighted by atomic mass is 10.0. The SMILES string of the molecule is COc1ccc(C(=O)N2CC3CN(c4nc(C)c(F)c(C)n4)CC3C2)c(-n2nccn2)c1. The molecule has 2 aliphatic heterocycles. The summed E-state index contributed by atoms with van der Waals surface area (Å²) in [4.78, 5) is 27.5. The first-order chi connectivity index (χ1) is 15.4. The van der Waals surface area contributed by atoms with Crippen molar-refractivity contribution in [1.82, 2.24) is 29.9 Å². The quantitative estimate of drug-likeness (QED) is 0.617. The summed E-state index contributed by atoms with van der Waals surface area (Å²) in [6, 6.07) is 5.30. The Morgan fingerprint density at radius 1 is 1.03 bits per heavy atom. The average Bonchev–Trinajstić information content (AvgIpc) is 3.53. The first-order valence-electron chi connectivity index (χ1n) is 10.5. The number of methoxy groups -OCH3 is 1. The van der Waals surface area contributed by atoms with Crippen molar-refractivity contribution in [3.8, 4) is 11.4 Å². The highest BCUT2D eigenvalue weighted by atomic mass is 19.1. The van der Waals surface area contributed by atoms with E-state index in [-0.39, 0.29) is 11.7 Å². The number of rotatable bonds is 4. The van der Waals surface area contributed by atoms with Gasteiger partial charge in [0.25, 0.3) is 5.91 Å². The number of hydrogen-bond donors (Lipinski definition) is 0. The van der Waals surface area contributed by atoms with Crippen LogP contribution in [0.5, 0.6) is 5.75 Å². The predicted molar refractivity (Wildman–Crippen MR) is 114 cm³/mol. The number of ether oxygens (including phenoxy) is 1. The van der Waals surface area contributed by atoms with E-state index in [1.165, 1.54) is 4.80 Å². The maximum absolute atomic E-state index is 13.9. The summed E-state index contributed by atoms with van der Waals surface area (Å²) in [7, 11) is 1.58. The molecule has 2 saturated heterocycles. The van der Waals surface area contributed by atoms with Crippen LogP contribution in [0.1, 0.15) is 21.7 Å². The van der Waals surface area contributed by atoms with Crippen LogP contribution in [-0.2, 0) is 0 Å². The summed E-state index contributed by atoms with van der Waals surface area (Å²) in [5.41, 5.74) is 1.84. The smallest absolute Gasteiger partial charge is 0.256 e. The normalized spacial score (nSPS) is 20.0. The standard InChI is InChI=1S/C22H24FN7O2/c1-13-20(23)14(2)27-22(26-13)29-11-15-9-28(10-16(15)12-29)21(31)18-5-4-17(32-3)8-19(18)30-24-6-7-25-30/h4-8,15-16H,9-12H2,1-3H3. The lowest BCUT2D eigenvalue weighted by molar-refractivity contribution is 0.0782. The van der Waals surface area contributed by atoms with Crippen molar-refractivity contribution in [2.75, 3.05) is 38.2 Å². The Balaban J connectivity index is 1.33. The van der Waals surface area contributed by atoms with Gasteiger partial charge in [-0.3, -0.25) is 4.79 Å². The summed E-state index contributed by atoms with van der Waals surface area (Å²) in [5, 5.41) is 8.37. The number of hydrogen-bond acceptors (Lipinski definition) is 7. The van der Waals surface area contributed by atoms with E-state index in [0.717, 1.165) is 13.1 Å². The lowest BCUT2D eigenvalue weighted by Crippen LogP contribution is -2.34. The Hall–Kier alpha value is -3.56. The Morgan fingerprint density at radius 2 is 1.66 bits per heavy atom. The molecule has 10 heteroatoms. The summed E-state index contributed by atoms with van der Waals surface area (Å²) in [6.07, 6.45) is 3.15. The molecule has 166 valence electrons. The van der Waals surface area contributed by atoms with Gasteiger partial charge in [-0.05, 0) is 26.0 Å². The summed E-state index contributed by atoms with van der Waals surface area (Å²) in [6.45, 7) is 6.11. The van der Waals surface area contributed by atoms with Gasteiger partial charge in [-0.25, -0.2) is 14.4 Å². The lowest BCUT2D eigenvalue weighted by Gasteiger charge is -2.23. The van der Waals surface area contributed by atoms with Gasteiger partial charge in [0.15, 0.2) is 5.82 Å². The molecule has 2 unspecified atom stereocenters. The van der Waals surface area contributed by atoms with E-state index in [1.807, 2.05) is 4.90 Å². The minimum Gasteiger partial charge on any atom is -0.497 e. The number of likely N-dealkylation sites (tertiary alicyclic amines) is 1. The maximum atomic E-state index is 13.9. The highest BCUT2D eigenvalue weighted by Crippen LogP contribution is 2.34. The van der Waals surface area contributed by atoms with Crippen molar-refractivity contribution in [3.05, 3.63) is 53.4 Å². The van der Waals surface area contributed by atoms with E-state index in [0.29, 0.717) is 59.3 Å². The van der Waals surface area contributed by atoms with E-state index in [4.69, 9.17) is 4.74 Å². The highest BCUT2D eigenvalue weighted by Gasteiger charge is 2.43. The van der Waals surface area contributed by atoms with Gasteiger partial charge in [0.05, 0.1) is 36.5 Å². The van der Waals surface area contributed by atoms with Gasteiger partial charge >= 0.3 is 0 Å². The zero-order chi connectivity index (χ0) is 22.4. The third kappa shape index (κ3) is 3.45. The number of aryl methyl sites for hydroxylation is 2. The third-order valence-corrected chi connectivity index (χ3v) is 6.30. The van der Waals surface area contributed by atoms with Gasteiger partial charge in [0.1, 0.15) is 11.4 Å². The van der Waals surface area contributed by atoms with Crippen molar-refractivity contribution >= 4 is 11.9 Å². The molecule has 1 amide bonds. The molecule has 2 aromatic heterocycles. The summed E-state index contributed by atoms with van der Waals surface area (Å²) >= 11 is 0. The number of amides is 1. The molecule has 5 rings (SSSR count). The van der Waals surface area contributed by atoms with Crippen LogP contribution in [-0.4, -0.2) is 69.1 Å². The molecule has 3 aromatic rings. The zero-order valence-corrected chi connectivity index (χ0v) is 18.2. The molecule has 0 spiro atoms. The first kappa shape index (κ1) is 20.3. The number of nitrogens with zero attached hydrogens (tertiary/aromatic N) is 7. The van der Waals surface area contributed by atoms with Gasteiger partial charge in [-0.1, -0.05) is 0 Å². The molecule has 0 saturated carbocycles. The second-order valence-corrected chi connectivity index (χ2v) is 8.35. The van der Waals surface area contributed by atoms with Crippen LogP contribution in [0.4, 0.5) is 10.3 Å². The monoisotopic (exact) mass is 437 g/mol. The second-order valence-electron chi connectivity index (χ2n) is 8.35. The predicted octanol–water partition coefficient (Wildman–Crippen LogP) is 2.03. The molecular formula is C22H24FN7O2. The molecule has 0 bridgehead atoms. The van der Waals surface area contributed by atoms with Crippen LogP contribution in [0.3, 0.4) is 0 Å². The number of anilines is 1. The van der Waals surface area contributed by atoms with E-state index < -0.39 is 0 Å². The minimum atomic E-state index is -0.355.